The van der Waals surface area contributed by atoms with Gasteiger partial charge in [0.15, 0.2) is 0 Å². The molecule has 0 spiro atoms. The summed E-state index contributed by atoms with van der Waals surface area (Å²) in [5.41, 5.74) is 2.37. The molecule has 3 rings (SSSR count). The van der Waals surface area contributed by atoms with E-state index < -0.39 is 0 Å². The fourth-order valence-corrected chi connectivity index (χ4v) is 1.77. The van der Waals surface area contributed by atoms with Crippen LogP contribution in [0.15, 0.2) is 0 Å². The standard InChI is InChI=1S/C9H14N4/c1-2-7(1)6-13-11-8-3-4-10-5-9(8)12-13/h7,10H,1-6H2. The molecule has 0 aromatic carbocycles. The first kappa shape index (κ1) is 7.50. The molecule has 1 saturated carbocycles. The van der Waals surface area contributed by atoms with E-state index in [1.807, 2.05) is 4.80 Å². The maximum absolute atomic E-state index is 4.50. The van der Waals surface area contributed by atoms with Crippen LogP contribution in [0.3, 0.4) is 0 Å². The second-order valence-electron chi connectivity index (χ2n) is 4.02. The van der Waals surface area contributed by atoms with Crippen molar-refractivity contribution in [2.24, 2.45) is 5.92 Å². The minimum Gasteiger partial charge on any atom is -0.311 e. The Morgan fingerprint density at radius 3 is 2.92 bits per heavy atom. The summed E-state index contributed by atoms with van der Waals surface area (Å²) in [6.45, 7) is 2.99. The van der Waals surface area contributed by atoms with Crippen LogP contribution >= 0.6 is 0 Å². The summed E-state index contributed by atoms with van der Waals surface area (Å²) in [6, 6.07) is 0. The van der Waals surface area contributed by atoms with E-state index in [0.717, 1.165) is 37.7 Å². The molecule has 13 heavy (non-hydrogen) atoms. The van der Waals surface area contributed by atoms with Crippen LogP contribution in [0.1, 0.15) is 24.2 Å². The number of fused-ring (bicyclic) bond motifs is 1. The van der Waals surface area contributed by atoms with Gasteiger partial charge in [-0.1, -0.05) is 0 Å². The fraction of sp³-hybridized carbons (Fsp3) is 0.778. The highest BCUT2D eigenvalue weighted by Crippen LogP contribution is 2.30. The van der Waals surface area contributed by atoms with Gasteiger partial charge in [-0.15, -0.1) is 0 Å². The van der Waals surface area contributed by atoms with Gasteiger partial charge >= 0.3 is 0 Å². The van der Waals surface area contributed by atoms with Crippen molar-refractivity contribution < 1.29 is 0 Å². The topological polar surface area (TPSA) is 42.7 Å². The smallest absolute Gasteiger partial charge is 0.0997 e. The Bertz CT molecular complexity index is 290. The Morgan fingerprint density at radius 1 is 1.31 bits per heavy atom. The Morgan fingerprint density at radius 2 is 2.15 bits per heavy atom. The lowest BCUT2D eigenvalue weighted by molar-refractivity contribution is 0.492. The summed E-state index contributed by atoms with van der Waals surface area (Å²) in [5.74, 6) is 0.863. The van der Waals surface area contributed by atoms with Crippen molar-refractivity contribution in [3.8, 4) is 0 Å². The summed E-state index contributed by atoms with van der Waals surface area (Å²) in [5, 5.41) is 12.3. The highest BCUT2D eigenvalue weighted by atomic mass is 15.5. The second kappa shape index (κ2) is 2.80. The lowest BCUT2D eigenvalue weighted by atomic mass is 10.2. The maximum Gasteiger partial charge on any atom is 0.0997 e. The van der Waals surface area contributed by atoms with Crippen LogP contribution in [0, 0.1) is 5.92 Å². The van der Waals surface area contributed by atoms with Gasteiger partial charge in [0.1, 0.15) is 0 Å². The lowest BCUT2D eigenvalue weighted by Gasteiger charge is -2.07. The highest BCUT2D eigenvalue weighted by Gasteiger charge is 2.24. The predicted molar refractivity (Wildman–Crippen MR) is 48.2 cm³/mol. The minimum absolute atomic E-state index is 0.863. The van der Waals surface area contributed by atoms with Gasteiger partial charge < -0.3 is 5.32 Å². The Balaban J connectivity index is 1.81. The minimum atomic E-state index is 0.863. The largest absolute Gasteiger partial charge is 0.311 e. The average molecular weight is 178 g/mol. The fourth-order valence-electron chi connectivity index (χ4n) is 1.77. The Labute approximate surface area is 77.3 Å². The lowest BCUT2D eigenvalue weighted by Crippen LogP contribution is -2.23. The van der Waals surface area contributed by atoms with Crippen LogP contribution in [-0.2, 0) is 19.5 Å². The molecule has 0 radical (unpaired) electrons. The molecular weight excluding hydrogens is 164 g/mol. The van der Waals surface area contributed by atoms with Gasteiger partial charge in [0.25, 0.3) is 0 Å². The molecule has 1 aliphatic heterocycles. The van der Waals surface area contributed by atoms with Crippen LogP contribution < -0.4 is 5.32 Å². The van der Waals surface area contributed by atoms with Crippen LogP contribution in [0.25, 0.3) is 0 Å². The van der Waals surface area contributed by atoms with E-state index >= 15 is 0 Å². The summed E-state index contributed by atoms with van der Waals surface area (Å²) >= 11 is 0. The molecule has 0 bridgehead atoms. The second-order valence-corrected chi connectivity index (χ2v) is 4.02. The van der Waals surface area contributed by atoms with Gasteiger partial charge in [-0.2, -0.15) is 15.0 Å². The molecule has 2 heterocycles. The van der Waals surface area contributed by atoms with E-state index in [2.05, 4.69) is 15.5 Å². The molecule has 1 fully saturated rings. The van der Waals surface area contributed by atoms with Gasteiger partial charge in [-0.25, -0.2) is 0 Å². The summed E-state index contributed by atoms with van der Waals surface area (Å²) in [4.78, 5) is 1.90. The van der Waals surface area contributed by atoms with Crippen molar-refractivity contribution in [3.63, 3.8) is 0 Å². The zero-order valence-electron chi connectivity index (χ0n) is 7.66. The number of nitrogens with one attached hydrogen (secondary N) is 1. The van der Waals surface area contributed by atoms with Crippen LogP contribution in [0.5, 0.6) is 0 Å². The summed E-state index contributed by atoms with van der Waals surface area (Å²) in [7, 11) is 0. The van der Waals surface area contributed by atoms with Crippen molar-refractivity contribution in [1.29, 1.82) is 0 Å². The Kier molecular flexibility index (Phi) is 1.62. The molecule has 1 N–H and O–H groups in total. The van der Waals surface area contributed by atoms with Crippen molar-refractivity contribution in [2.45, 2.75) is 32.4 Å². The van der Waals surface area contributed by atoms with Gasteiger partial charge in [0.05, 0.1) is 17.9 Å². The molecular formula is C9H14N4. The van der Waals surface area contributed by atoms with E-state index in [9.17, 15) is 0 Å². The highest BCUT2D eigenvalue weighted by molar-refractivity contribution is 5.11. The van der Waals surface area contributed by atoms with Crippen molar-refractivity contribution in [3.05, 3.63) is 11.4 Å². The normalized spacial score (nSPS) is 21.5. The Hall–Kier alpha value is -0.900. The van der Waals surface area contributed by atoms with E-state index in [1.165, 1.54) is 18.5 Å². The molecule has 1 aromatic heterocycles. The zero-order valence-corrected chi connectivity index (χ0v) is 7.66. The van der Waals surface area contributed by atoms with Gasteiger partial charge in [-0.05, 0) is 18.8 Å². The number of aromatic nitrogens is 3. The SMILES string of the molecule is C1Cc2nn(CC3CC3)nc2CN1. The third-order valence-corrected chi connectivity index (χ3v) is 2.75. The van der Waals surface area contributed by atoms with E-state index in [-0.39, 0.29) is 0 Å². The molecule has 4 heteroatoms. The molecule has 0 unspecified atom stereocenters. The maximum atomic E-state index is 4.50. The van der Waals surface area contributed by atoms with Gasteiger partial charge in [-0.3, -0.25) is 0 Å². The number of hydrogen-bond donors (Lipinski definition) is 1. The van der Waals surface area contributed by atoms with Gasteiger partial charge in [0, 0.05) is 19.5 Å². The van der Waals surface area contributed by atoms with Crippen LogP contribution in [-0.4, -0.2) is 21.5 Å². The summed E-state index contributed by atoms with van der Waals surface area (Å²) < 4.78 is 0. The molecule has 0 atom stereocenters. The van der Waals surface area contributed by atoms with Crippen LogP contribution in [0.2, 0.25) is 0 Å². The van der Waals surface area contributed by atoms with E-state index in [1.54, 1.807) is 0 Å². The molecule has 4 nitrogen and oxygen atoms in total. The molecule has 0 saturated heterocycles. The monoisotopic (exact) mass is 178 g/mol. The molecule has 70 valence electrons. The first-order valence-electron chi connectivity index (χ1n) is 5.05. The molecule has 0 amide bonds. The number of hydrogen-bond acceptors (Lipinski definition) is 3. The summed E-state index contributed by atoms with van der Waals surface area (Å²) in [6.07, 6.45) is 3.77. The number of rotatable bonds is 2. The van der Waals surface area contributed by atoms with Crippen molar-refractivity contribution in [2.75, 3.05) is 6.54 Å². The van der Waals surface area contributed by atoms with E-state index in [4.69, 9.17) is 0 Å². The predicted octanol–water partition coefficient (Wildman–Crippen LogP) is 0.334. The van der Waals surface area contributed by atoms with Crippen molar-refractivity contribution in [1.82, 2.24) is 20.3 Å². The first-order chi connectivity index (χ1) is 6.42. The number of nitrogens with zero attached hydrogens (tertiary/aromatic N) is 3. The van der Waals surface area contributed by atoms with Crippen molar-refractivity contribution >= 4 is 0 Å². The van der Waals surface area contributed by atoms with E-state index in [0.29, 0.717) is 0 Å². The molecule has 2 aliphatic rings. The zero-order chi connectivity index (χ0) is 8.67. The third-order valence-electron chi connectivity index (χ3n) is 2.75. The average Bonchev–Trinajstić information content (AvgIpc) is 2.85. The first-order valence-corrected chi connectivity index (χ1v) is 5.05. The third kappa shape index (κ3) is 1.46. The molecule has 1 aliphatic carbocycles. The van der Waals surface area contributed by atoms with Gasteiger partial charge in [0.2, 0.25) is 0 Å². The quantitative estimate of drug-likeness (QED) is 0.710. The van der Waals surface area contributed by atoms with Crippen LogP contribution in [0.4, 0.5) is 0 Å². The molecule has 1 aromatic rings.